The Morgan fingerprint density at radius 3 is 2.71 bits per heavy atom. The minimum absolute atomic E-state index is 0.0736. The molecule has 0 unspecified atom stereocenters. The summed E-state index contributed by atoms with van der Waals surface area (Å²) in [6.45, 7) is 0. The third kappa shape index (κ3) is 2.79. The molecule has 0 heterocycles. The fraction of sp³-hybridized carbons (Fsp3) is 0.235. The molecule has 0 aromatic heterocycles. The van der Waals surface area contributed by atoms with Crippen LogP contribution >= 0.6 is 0 Å². The molecule has 2 aromatic rings. The maximum atomic E-state index is 13.2. The van der Waals surface area contributed by atoms with E-state index in [0.29, 0.717) is 0 Å². The van der Waals surface area contributed by atoms with Crippen molar-refractivity contribution in [1.29, 1.82) is 0 Å². The molecule has 3 rings (SSSR count). The predicted molar refractivity (Wildman–Crippen MR) is 75.9 cm³/mol. The van der Waals surface area contributed by atoms with E-state index in [4.69, 9.17) is 0 Å². The molecular weight excluding hydrogens is 272 g/mol. The van der Waals surface area contributed by atoms with Crippen LogP contribution in [0.4, 0.5) is 8.78 Å². The predicted octanol–water partition coefficient (Wildman–Crippen LogP) is 3.77. The van der Waals surface area contributed by atoms with Gasteiger partial charge in [-0.2, -0.15) is 0 Å². The van der Waals surface area contributed by atoms with Crippen molar-refractivity contribution in [2.45, 2.75) is 25.3 Å². The van der Waals surface area contributed by atoms with E-state index < -0.39 is 11.6 Å². The van der Waals surface area contributed by atoms with E-state index in [0.717, 1.165) is 37.0 Å². The first-order chi connectivity index (χ1) is 10.1. The summed E-state index contributed by atoms with van der Waals surface area (Å²) < 4.78 is 26.1. The standard InChI is InChI=1S/C17H15F2NO/c18-14-9-8-12(10-15(14)19)17(21)20-16-7-3-5-11-4-1-2-6-13(11)16/h1-2,4,6,8-10,16H,3,5,7H2,(H,20,21)/t16-/m1/s1. The highest BCUT2D eigenvalue weighted by atomic mass is 19.2. The van der Waals surface area contributed by atoms with Crippen LogP contribution in [-0.2, 0) is 6.42 Å². The molecule has 1 amide bonds. The Balaban J connectivity index is 1.81. The number of carbonyl (C=O) groups is 1. The fourth-order valence-corrected chi connectivity index (χ4v) is 2.78. The summed E-state index contributed by atoms with van der Waals surface area (Å²) in [6, 6.07) is 11.1. The van der Waals surface area contributed by atoms with Gasteiger partial charge in [-0.05, 0) is 48.6 Å². The zero-order chi connectivity index (χ0) is 14.8. The van der Waals surface area contributed by atoms with Gasteiger partial charge in [0.2, 0.25) is 0 Å². The number of halogens is 2. The number of amides is 1. The minimum Gasteiger partial charge on any atom is -0.345 e. The molecule has 1 atom stereocenters. The fourth-order valence-electron chi connectivity index (χ4n) is 2.78. The van der Waals surface area contributed by atoms with Crippen LogP contribution in [-0.4, -0.2) is 5.91 Å². The van der Waals surface area contributed by atoms with Gasteiger partial charge in [0.1, 0.15) is 0 Å². The topological polar surface area (TPSA) is 29.1 Å². The van der Waals surface area contributed by atoms with Gasteiger partial charge < -0.3 is 5.32 Å². The number of hydrogen-bond donors (Lipinski definition) is 1. The molecule has 0 radical (unpaired) electrons. The van der Waals surface area contributed by atoms with Crippen molar-refractivity contribution in [3.8, 4) is 0 Å². The van der Waals surface area contributed by atoms with Crippen LogP contribution in [0, 0.1) is 11.6 Å². The van der Waals surface area contributed by atoms with Crippen molar-refractivity contribution < 1.29 is 13.6 Å². The first-order valence-corrected chi connectivity index (χ1v) is 6.99. The Kier molecular flexibility index (Phi) is 3.69. The molecular formula is C17H15F2NO. The average Bonchev–Trinajstić information content (AvgIpc) is 2.50. The van der Waals surface area contributed by atoms with E-state index in [-0.39, 0.29) is 17.5 Å². The summed E-state index contributed by atoms with van der Waals surface area (Å²) in [4.78, 5) is 12.2. The van der Waals surface area contributed by atoms with Crippen LogP contribution in [0.5, 0.6) is 0 Å². The first kappa shape index (κ1) is 13.7. The van der Waals surface area contributed by atoms with Crippen LogP contribution in [0.25, 0.3) is 0 Å². The van der Waals surface area contributed by atoms with Crippen molar-refractivity contribution in [3.63, 3.8) is 0 Å². The van der Waals surface area contributed by atoms with Crippen molar-refractivity contribution in [3.05, 3.63) is 70.8 Å². The Morgan fingerprint density at radius 2 is 1.90 bits per heavy atom. The van der Waals surface area contributed by atoms with Crippen molar-refractivity contribution in [2.24, 2.45) is 0 Å². The lowest BCUT2D eigenvalue weighted by Gasteiger charge is -2.26. The zero-order valence-electron chi connectivity index (χ0n) is 11.4. The molecule has 1 N–H and O–H groups in total. The normalized spacial score (nSPS) is 17.1. The van der Waals surface area contributed by atoms with E-state index in [1.807, 2.05) is 18.2 Å². The molecule has 1 aliphatic rings. The Bertz CT molecular complexity index is 684. The SMILES string of the molecule is O=C(N[C@@H]1CCCc2ccccc21)c1ccc(F)c(F)c1. The second kappa shape index (κ2) is 5.64. The third-order valence-corrected chi connectivity index (χ3v) is 3.86. The summed E-state index contributed by atoms with van der Waals surface area (Å²) in [7, 11) is 0. The van der Waals surface area contributed by atoms with Gasteiger partial charge in [0, 0.05) is 5.56 Å². The summed E-state index contributed by atoms with van der Waals surface area (Å²) in [5, 5.41) is 2.91. The maximum absolute atomic E-state index is 13.2. The molecule has 21 heavy (non-hydrogen) atoms. The quantitative estimate of drug-likeness (QED) is 0.895. The maximum Gasteiger partial charge on any atom is 0.251 e. The van der Waals surface area contributed by atoms with Gasteiger partial charge in [-0.3, -0.25) is 4.79 Å². The van der Waals surface area contributed by atoms with E-state index in [1.54, 1.807) is 0 Å². The van der Waals surface area contributed by atoms with Crippen LogP contribution in [0.1, 0.15) is 40.4 Å². The van der Waals surface area contributed by atoms with Gasteiger partial charge in [0.25, 0.3) is 5.91 Å². The number of carbonyl (C=O) groups excluding carboxylic acids is 1. The van der Waals surface area contributed by atoms with E-state index in [9.17, 15) is 13.6 Å². The monoisotopic (exact) mass is 287 g/mol. The van der Waals surface area contributed by atoms with Crippen LogP contribution in [0.3, 0.4) is 0 Å². The summed E-state index contributed by atoms with van der Waals surface area (Å²) in [5.74, 6) is -2.34. The molecule has 1 aliphatic carbocycles. The molecule has 0 spiro atoms. The first-order valence-electron chi connectivity index (χ1n) is 6.99. The second-order valence-corrected chi connectivity index (χ2v) is 5.25. The van der Waals surface area contributed by atoms with Crippen molar-refractivity contribution in [1.82, 2.24) is 5.32 Å². The zero-order valence-corrected chi connectivity index (χ0v) is 11.4. The Morgan fingerprint density at radius 1 is 1.10 bits per heavy atom. The number of hydrogen-bond acceptors (Lipinski definition) is 1. The Labute approximate surface area is 121 Å². The number of benzene rings is 2. The second-order valence-electron chi connectivity index (χ2n) is 5.25. The van der Waals surface area contributed by atoms with Crippen LogP contribution < -0.4 is 5.32 Å². The highest BCUT2D eigenvalue weighted by Crippen LogP contribution is 2.29. The number of nitrogens with one attached hydrogen (secondary N) is 1. The lowest BCUT2D eigenvalue weighted by atomic mass is 9.87. The molecule has 2 aromatic carbocycles. The molecule has 108 valence electrons. The van der Waals surface area contributed by atoms with Crippen LogP contribution in [0.2, 0.25) is 0 Å². The van der Waals surface area contributed by atoms with Gasteiger partial charge >= 0.3 is 0 Å². The number of rotatable bonds is 2. The van der Waals surface area contributed by atoms with Gasteiger partial charge in [-0.1, -0.05) is 24.3 Å². The Hall–Kier alpha value is -2.23. The summed E-state index contributed by atoms with van der Waals surface area (Å²) in [6.07, 6.45) is 2.86. The molecule has 0 aliphatic heterocycles. The molecule has 0 saturated carbocycles. The molecule has 0 fully saturated rings. The van der Waals surface area contributed by atoms with E-state index in [2.05, 4.69) is 11.4 Å². The van der Waals surface area contributed by atoms with Gasteiger partial charge in [-0.15, -0.1) is 0 Å². The smallest absolute Gasteiger partial charge is 0.251 e. The minimum atomic E-state index is -1.01. The van der Waals surface area contributed by atoms with Crippen molar-refractivity contribution in [2.75, 3.05) is 0 Å². The number of aryl methyl sites for hydroxylation is 1. The third-order valence-electron chi connectivity index (χ3n) is 3.86. The summed E-state index contributed by atoms with van der Waals surface area (Å²) in [5.41, 5.74) is 2.48. The van der Waals surface area contributed by atoms with E-state index in [1.165, 1.54) is 11.6 Å². The molecule has 4 heteroatoms. The molecule has 2 nitrogen and oxygen atoms in total. The number of fused-ring (bicyclic) bond motifs is 1. The summed E-state index contributed by atoms with van der Waals surface area (Å²) >= 11 is 0. The molecule has 0 saturated heterocycles. The highest BCUT2D eigenvalue weighted by molar-refractivity contribution is 5.94. The van der Waals surface area contributed by atoms with E-state index >= 15 is 0 Å². The highest BCUT2D eigenvalue weighted by Gasteiger charge is 2.22. The van der Waals surface area contributed by atoms with Crippen LogP contribution in [0.15, 0.2) is 42.5 Å². The van der Waals surface area contributed by atoms with Gasteiger partial charge in [0.15, 0.2) is 11.6 Å². The average molecular weight is 287 g/mol. The van der Waals surface area contributed by atoms with Gasteiger partial charge in [-0.25, -0.2) is 8.78 Å². The lowest BCUT2D eigenvalue weighted by molar-refractivity contribution is 0.0932. The lowest BCUT2D eigenvalue weighted by Crippen LogP contribution is -2.31. The largest absolute Gasteiger partial charge is 0.345 e. The molecule has 0 bridgehead atoms. The van der Waals surface area contributed by atoms with Crippen molar-refractivity contribution >= 4 is 5.91 Å². The van der Waals surface area contributed by atoms with Gasteiger partial charge in [0.05, 0.1) is 6.04 Å².